The Kier molecular flexibility index (Phi) is 6.41. The van der Waals surface area contributed by atoms with Crippen molar-refractivity contribution in [1.82, 2.24) is 10.2 Å². The van der Waals surface area contributed by atoms with E-state index in [-0.39, 0.29) is 5.91 Å². The number of carbonyl (C=O) groups excluding carboxylic acids is 1. The molecule has 0 bridgehead atoms. The summed E-state index contributed by atoms with van der Waals surface area (Å²) in [7, 11) is 0. The van der Waals surface area contributed by atoms with E-state index in [0.717, 1.165) is 21.4 Å². The highest BCUT2D eigenvalue weighted by molar-refractivity contribution is 8.01. The zero-order valence-corrected chi connectivity index (χ0v) is 15.3. The zero-order valence-electron chi connectivity index (χ0n) is 13.7. The van der Waals surface area contributed by atoms with Gasteiger partial charge in [0.05, 0.1) is 0 Å². The van der Waals surface area contributed by atoms with E-state index in [1.54, 1.807) is 18.7 Å². The average molecular weight is 351 g/mol. The molecule has 1 N–H and O–H groups in total. The van der Waals surface area contributed by atoms with E-state index in [1.165, 1.54) is 11.3 Å². The second-order valence-corrected chi connectivity index (χ2v) is 7.74. The van der Waals surface area contributed by atoms with E-state index in [1.807, 2.05) is 31.2 Å². The summed E-state index contributed by atoms with van der Waals surface area (Å²) in [6.45, 7) is 7.98. The SMILES string of the molecule is CCSc1nnc(NC(=O)C(C)Oc2ccccc2C(C)C)s1. The Morgan fingerprint density at radius 1 is 1.30 bits per heavy atom. The number of aromatic nitrogens is 2. The second kappa shape index (κ2) is 8.31. The predicted octanol–water partition coefficient (Wildman–Crippen LogP) is 4.18. The summed E-state index contributed by atoms with van der Waals surface area (Å²) in [5.74, 6) is 1.77. The molecule has 0 aliphatic carbocycles. The van der Waals surface area contributed by atoms with Crippen LogP contribution in [0.1, 0.15) is 39.2 Å². The van der Waals surface area contributed by atoms with Gasteiger partial charge in [0.15, 0.2) is 10.4 Å². The first-order valence-electron chi connectivity index (χ1n) is 7.54. The Bertz CT molecular complexity index is 658. The van der Waals surface area contributed by atoms with E-state index in [9.17, 15) is 4.79 Å². The first-order chi connectivity index (χ1) is 11.0. The topological polar surface area (TPSA) is 64.1 Å². The van der Waals surface area contributed by atoms with Gasteiger partial charge in [-0.1, -0.05) is 62.1 Å². The van der Waals surface area contributed by atoms with Crippen LogP contribution in [0, 0.1) is 0 Å². The summed E-state index contributed by atoms with van der Waals surface area (Å²) in [5.41, 5.74) is 1.09. The molecule has 5 nitrogen and oxygen atoms in total. The number of hydrogen-bond donors (Lipinski definition) is 1. The van der Waals surface area contributed by atoms with Crippen LogP contribution in [0.2, 0.25) is 0 Å². The first kappa shape index (κ1) is 17.7. The second-order valence-electron chi connectivity index (χ2n) is 5.25. The van der Waals surface area contributed by atoms with Gasteiger partial charge in [0.1, 0.15) is 5.75 Å². The fourth-order valence-electron chi connectivity index (χ4n) is 1.96. The van der Waals surface area contributed by atoms with Gasteiger partial charge in [0.2, 0.25) is 5.13 Å². The summed E-state index contributed by atoms with van der Waals surface area (Å²) in [6, 6.07) is 7.79. The molecule has 124 valence electrons. The fourth-order valence-corrected chi connectivity index (χ4v) is 3.61. The number of amides is 1. The molecular formula is C16H21N3O2S2. The molecule has 1 aromatic carbocycles. The highest BCUT2D eigenvalue weighted by atomic mass is 32.2. The standard InChI is InChI=1S/C16H21N3O2S2/c1-5-22-16-19-18-15(23-16)17-14(20)11(4)21-13-9-7-6-8-12(13)10(2)3/h6-11H,5H2,1-4H3,(H,17,18,20). The number of rotatable bonds is 7. The quantitative estimate of drug-likeness (QED) is 0.599. The van der Waals surface area contributed by atoms with Crippen molar-refractivity contribution >= 4 is 34.1 Å². The molecule has 1 aromatic heterocycles. The maximum Gasteiger partial charge on any atom is 0.266 e. The lowest BCUT2D eigenvalue weighted by atomic mass is 10.0. The maximum absolute atomic E-state index is 12.3. The van der Waals surface area contributed by atoms with E-state index in [4.69, 9.17) is 4.74 Å². The summed E-state index contributed by atoms with van der Waals surface area (Å²) in [4.78, 5) is 12.3. The van der Waals surface area contributed by atoms with Gasteiger partial charge in [-0.05, 0) is 30.2 Å². The van der Waals surface area contributed by atoms with Crippen LogP contribution in [0.4, 0.5) is 5.13 Å². The van der Waals surface area contributed by atoms with Crippen molar-refractivity contribution in [2.75, 3.05) is 11.1 Å². The smallest absolute Gasteiger partial charge is 0.266 e. The minimum Gasteiger partial charge on any atom is -0.481 e. The van der Waals surface area contributed by atoms with E-state index in [2.05, 4.69) is 29.4 Å². The third-order valence-corrected chi connectivity index (χ3v) is 4.97. The van der Waals surface area contributed by atoms with Crippen LogP contribution in [0.25, 0.3) is 0 Å². The van der Waals surface area contributed by atoms with Gasteiger partial charge in [0, 0.05) is 0 Å². The highest BCUT2D eigenvalue weighted by Crippen LogP contribution is 2.28. The molecule has 1 unspecified atom stereocenters. The van der Waals surface area contributed by atoms with Gasteiger partial charge in [-0.25, -0.2) is 0 Å². The Morgan fingerprint density at radius 3 is 2.74 bits per heavy atom. The van der Waals surface area contributed by atoms with Gasteiger partial charge in [-0.3, -0.25) is 10.1 Å². The lowest BCUT2D eigenvalue weighted by molar-refractivity contribution is -0.122. The minimum atomic E-state index is -0.610. The van der Waals surface area contributed by atoms with Gasteiger partial charge in [0.25, 0.3) is 5.91 Å². The number of nitrogens with zero attached hydrogens (tertiary/aromatic N) is 2. The largest absolute Gasteiger partial charge is 0.481 e. The number of carbonyl (C=O) groups is 1. The van der Waals surface area contributed by atoms with Crippen molar-refractivity contribution in [2.24, 2.45) is 0 Å². The fraction of sp³-hybridized carbons (Fsp3) is 0.438. The lowest BCUT2D eigenvalue weighted by Crippen LogP contribution is -2.30. The van der Waals surface area contributed by atoms with E-state index >= 15 is 0 Å². The molecule has 0 spiro atoms. The van der Waals surface area contributed by atoms with Crippen LogP contribution in [0.15, 0.2) is 28.6 Å². The van der Waals surface area contributed by atoms with Crippen molar-refractivity contribution in [3.05, 3.63) is 29.8 Å². The van der Waals surface area contributed by atoms with Gasteiger partial charge in [-0.15, -0.1) is 10.2 Å². The van der Waals surface area contributed by atoms with Crippen molar-refractivity contribution in [3.8, 4) is 5.75 Å². The molecule has 1 atom stereocenters. The summed E-state index contributed by atoms with van der Waals surface area (Å²) < 4.78 is 6.68. The predicted molar refractivity (Wildman–Crippen MR) is 95.6 cm³/mol. The van der Waals surface area contributed by atoms with Crippen molar-refractivity contribution < 1.29 is 9.53 Å². The normalized spacial score (nSPS) is 12.2. The van der Waals surface area contributed by atoms with Crippen LogP contribution >= 0.6 is 23.1 Å². The van der Waals surface area contributed by atoms with E-state index < -0.39 is 6.10 Å². The third kappa shape index (κ3) is 4.94. The molecule has 0 saturated heterocycles. The molecule has 0 radical (unpaired) electrons. The molecule has 7 heteroatoms. The monoisotopic (exact) mass is 351 g/mol. The molecule has 2 rings (SSSR count). The van der Waals surface area contributed by atoms with Crippen molar-refractivity contribution in [3.63, 3.8) is 0 Å². The summed E-state index contributed by atoms with van der Waals surface area (Å²) in [6.07, 6.45) is -0.610. The number of nitrogens with one attached hydrogen (secondary N) is 1. The first-order valence-corrected chi connectivity index (χ1v) is 9.34. The molecule has 0 aliphatic rings. The Labute approximate surface area is 144 Å². The lowest BCUT2D eigenvalue weighted by Gasteiger charge is -2.18. The Morgan fingerprint density at radius 2 is 2.04 bits per heavy atom. The summed E-state index contributed by atoms with van der Waals surface area (Å²) >= 11 is 2.97. The van der Waals surface area contributed by atoms with Crippen LogP contribution in [-0.4, -0.2) is 28.0 Å². The molecule has 1 heterocycles. The molecule has 2 aromatic rings. The molecule has 1 amide bonds. The van der Waals surface area contributed by atoms with Crippen LogP contribution in [-0.2, 0) is 4.79 Å². The Balaban J connectivity index is 1.99. The molecule has 0 aliphatic heterocycles. The molecule has 0 fully saturated rings. The number of hydrogen-bond acceptors (Lipinski definition) is 6. The summed E-state index contributed by atoms with van der Waals surface area (Å²) in [5, 5.41) is 11.2. The molecule has 23 heavy (non-hydrogen) atoms. The number of thioether (sulfide) groups is 1. The number of ether oxygens (including phenoxy) is 1. The Hall–Kier alpha value is -1.60. The van der Waals surface area contributed by atoms with Gasteiger partial charge in [-0.2, -0.15) is 0 Å². The maximum atomic E-state index is 12.3. The van der Waals surface area contributed by atoms with Gasteiger partial charge >= 0.3 is 0 Å². The van der Waals surface area contributed by atoms with E-state index in [0.29, 0.717) is 11.0 Å². The number of benzene rings is 1. The number of anilines is 1. The zero-order chi connectivity index (χ0) is 16.8. The van der Waals surface area contributed by atoms with Crippen LogP contribution in [0.5, 0.6) is 5.75 Å². The average Bonchev–Trinajstić information content (AvgIpc) is 2.95. The van der Waals surface area contributed by atoms with Gasteiger partial charge < -0.3 is 4.74 Å². The minimum absolute atomic E-state index is 0.229. The number of para-hydroxylation sites is 1. The highest BCUT2D eigenvalue weighted by Gasteiger charge is 2.19. The third-order valence-electron chi connectivity index (χ3n) is 3.12. The van der Waals surface area contributed by atoms with Crippen LogP contribution < -0.4 is 10.1 Å². The van der Waals surface area contributed by atoms with Crippen LogP contribution in [0.3, 0.4) is 0 Å². The van der Waals surface area contributed by atoms with Crippen molar-refractivity contribution in [2.45, 2.75) is 44.1 Å². The van der Waals surface area contributed by atoms with Crippen molar-refractivity contribution in [1.29, 1.82) is 0 Å². The molecular weight excluding hydrogens is 330 g/mol. The molecule has 0 saturated carbocycles.